The number of allylic oxidation sites excluding steroid dienone is 2. The first-order valence-electron chi connectivity index (χ1n) is 31.1. The molecule has 4 nitrogen and oxygen atoms in total. The summed E-state index contributed by atoms with van der Waals surface area (Å²) in [4.78, 5) is 7.50. The maximum Gasteiger partial charge on any atom is 0.0630 e. The first-order valence-corrected chi connectivity index (χ1v) is 31.1. The molecule has 14 aromatic carbocycles. The Morgan fingerprint density at radius 3 is 1.32 bits per heavy atom. The highest BCUT2D eigenvalue weighted by atomic mass is 15.2. The van der Waals surface area contributed by atoms with Crippen LogP contribution in [0, 0.1) is 0 Å². The van der Waals surface area contributed by atoms with Gasteiger partial charge in [-0.1, -0.05) is 249 Å². The lowest BCUT2D eigenvalue weighted by Crippen LogP contribution is -2.28. The van der Waals surface area contributed by atoms with Crippen molar-refractivity contribution in [1.29, 1.82) is 0 Å². The highest BCUT2D eigenvalue weighted by Crippen LogP contribution is 2.53. The van der Waals surface area contributed by atoms with Crippen LogP contribution in [0.2, 0.25) is 0 Å². The molecule has 0 radical (unpaired) electrons. The van der Waals surface area contributed by atoms with Crippen molar-refractivity contribution in [2.24, 2.45) is 0 Å². The van der Waals surface area contributed by atoms with Crippen LogP contribution in [0.3, 0.4) is 0 Å². The van der Waals surface area contributed by atoms with Crippen LogP contribution >= 0.6 is 0 Å². The van der Waals surface area contributed by atoms with Crippen LogP contribution in [0.4, 0.5) is 45.5 Å². The van der Waals surface area contributed by atoms with Crippen molar-refractivity contribution in [3.05, 3.63) is 363 Å². The molecule has 1 aliphatic carbocycles. The summed E-state index contributed by atoms with van der Waals surface area (Å²) >= 11 is 0. The summed E-state index contributed by atoms with van der Waals surface area (Å²) in [6.45, 7) is 0. The molecule has 15 aromatic rings. The molecule has 2 unspecified atom stereocenters. The molecular weight excluding hydrogens is 1090 g/mol. The molecule has 0 fully saturated rings. The van der Waals surface area contributed by atoms with E-state index in [2.05, 4.69) is 371 Å². The van der Waals surface area contributed by atoms with E-state index < -0.39 is 0 Å². The summed E-state index contributed by atoms with van der Waals surface area (Å²) in [5, 5.41) is 7.07. The van der Waals surface area contributed by atoms with Crippen LogP contribution < -0.4 is 14.7 Å². The van der Waals surface area contributed by atoms with Gasteiger partial charge in [0.15, 0.2) is 0 Å². The number of para-hydroxylation sites is 2. The van der Waals surface area contributed by atoms with Gasteiger partial charge in [0.25, 0.3) is 0 Å². The largest absolute Gasteiger partial charge is 0.333 e. The summed E-state index contributed by atoms with van der Waals surface area (Å²) in [5.74, 6) is 0.0792. The minimum absolute atomic E-state index is 0.0792. The Hall–Kier alpha value is -11.7. The van der Waals surface area contributed by atoms with Gasteiger partial charge in [-0.25, -0.2) is 0 Å². The maximum atomic E-state index is 2.54. The number of rotatable bonds is 12. The summed E-state index contributed by atoms with van der Waals surface area (Å²) in [6, 6.07) is 122. The quantitative estimate of drug-likeness (QED) is 0.121. The van der Waals surface area contributed by atoms with Crippen LogP contribution in [0.5, 0.6) is 0 Å². The van der Waals surface area contributed by atoms with Crippen molar-refractivity contribution in [3.63, 3.8) is 0 Å². The van der Waals surface area contributed by atoms with Crippen LogP contribution in [0.1, 0.15) is 17.0 Å². The average molecular weight is 1150 g/mol. The second-order valence-electron chi connectivity index (χ2n) is 23.6. The first kappa shape index (κ1) is 52.6. The van der Waals surface area contributed by atoms with Crippen LogP contribution in [-0.4, -0.2) is 10.6 Å². The standard InChI is InChI=1S/C86H60N4/c1-5-20-59(21-6-1)61-38-42-63(43-39-61)67-46-50-83-77(54-67)79-57-73(48-52-85(79)89(83)69-28-9-3-10-29-69)87(81-36-17-26-65-24-13-15-34-75(65)81)71-32-19-33-72(56-71)88(82-37-18-27-66-25-14-16-35-76(66)82)74-49-53-86-80(58-74)78-55-68(47-51-84(78)90(86)70-30-11-4-12-31-70)64-44-40-62(41-45-64)60-22-7-2-8-23-60/h1-58,77,83H. The third-order valence-corrected chi connectivity index (χ3v) is 18.5. The van der Waals surface area contributed by atoms with E-state index >= 15 is 0 Å². The van der Waals surface area contributed by atoms with E-state index in [9.17, 15) is 0 Å². The average Bonchev–Trinajstić information content (AvgIpc) is 1.72. The van der Waals surface area contributed by atoms with Crippen molar-refractivity contribution in [3.8, 4) is 39.1 Å². The lowest BCUT2D eigenvalue weighted by molar-refractivity contribution is 0.747. The van der Waals surface area contributed by atoms with Crippen molar-refractivity contribution in [2.75, 3.05) is 14.7 Å². The molecule has 2 heterocycles. The fraction of sp³-hybridized carbons (Fsp3) is 0.0233. The highest BCUT2D eigenvalue weighted by Gasteiger charge is 2.39. The van der Waals surface area contributed by atoms with E-state index in [0.717, 1.165) is 50.8 Å². The molecule has 0 amide bonds. The second-order valence-corrected chi connectivity index (χ2v) is 23.6. The van der Waals surface area contributed by atoms with Gasteiger partial charge in [0, 0.05) is 67.3 Å². The van der Waals surface area contributed by atoms with Gasteiger partial charge in [0.05, 0.1) is 28.5 Å². The molecule has 424 valence electrons. The second kappa shape index (κ2) is 22.2. The summed E-state index contributed by atoms with van der Waals surface area (Å²) in [5.41, 5.74) is 23.2. The van der Waals surface area contributed by atoms with Gasteiger partial charge in [-0.05, 0) is 164 Å². The molecular formula is C86H60N4. The molecule has 1 aliphatic heterocycles. The van der Waals surface area contributed by atoms with Gasteiger partial charge in [0.1, 0.15) is 0 Å². The number of hydrogen-bond donors (Lipinski definition) is 0. The number of hydrogen-bond acceptors (Lipinski definition) is 3. The third-order valence-electron chi connectivity index (χ3n) is 18.5. The summed E-state index contributed by atoms with van der Waals surface area (Å²) in [7, 11) is 0. The minimum Gasteiger partial charge on any atom is -0.333 e. The predicted octanol–water partition coefficient (Wildman–Crippen LogP) is 23.3. The number of benzene rings is 14. The van der Waals surface area contributed by atoms with Gasteiger partial charge in [-0.15, -0.1) is 0 Å². The fourth-order valence-electron chi connectivity index (χ4n) is 14.2. The summed E-state index contributed by atoms with van der Waals surface area (Å²) in [6.07, 6.45) is 7.27. The molecule has 4 heteroatoms. The Morgan fingerprint density at radius 1 is 0.289 bits per heavy atom. The molecule has 0 N–H and O–H groups in total. The minimum atomic E-state index is 0.0792. The van der Waals surface area contributed by atoms with E-state index in [-0.39, 0.29) is 12.0 Å². The highest BCUT2D eigenvalue weighted by molar-refractivity contribution is 6.12. The lowest BCUT2D eigenvalue weighted by atomic mass is 9.85. The molecule has 17 rings (SSSR count). The molecule has 2 atom stereocenters. The molecule has 90 heavy (non-hydrogen) atoms. The van der Waals surface area contributed by atoms with E-state index in [1.165, 1.54) is 93.8 Å². The number of anilines is 8. The van der Waals surface area contributed by atoms with Crippen molar-refractivity contribution in [2.45, 2.75) is 12.0 Å². The fourth-order valence-corrected chi connectivity index (χ4v) is 14.2. The number of aromatic nitrogens is 1. The van der Waals surface area contributed by atoms with Gasteiger partial charge >= 0.3 is 0 Å². The van der Waals surface area contributed by atoms with Crippen LogP contribution in [0.15, 0.2) is 352 Å². The van der Waals surface area contributed by atoms with E-state index in [1.54, 1.807) is 0 Å². The van der Waals surface area contributed by atoms with Crippen molar-refractivity contribution < 1.29 is 0 Å². The van der Waals surface area contributed by atoms with Gasteiger partial charge in [-0.3, -0.25) is 0 Å². The Kier molecular flexibility index (Phi) is 13.0. The van der Waals surface area contributed by atoms with E-state index in [4.69, 9.17) is 0 Å². The zero-order valence-corrected chi connectivity index (χ0v) is 49.4. The molecule has 0 saturated heterocycles. The normalized spacial score (nSPS) is 14.2. The van der Waals surface area contributed by atoms with Gasteiger partial charge in [-0.2, -0.15) is 0 Å². The van der Waals surface area contributed by atoms with Gasteiger partial charge in [0.2, 0.25) is 0 Å². The first-order chi connectivity index (χ1) is 44.6. The van der Waals surface area contributed by atoms with Crippen molar-refractivity contribution >= 4 is 94.4 Å². The SMILES string of the molecule is C1=CC2C(C=C1c1ccc(-c3ccccc3)cc1)c1cc(N(c3cccc(N(c4ccc5c(c4)c4cc(-c6ccc(-c7ccccc7)cc6)ccc4n5-c4ccccc4)c4cccc5ccccc45)c3)c3cccc4ccccc34)ccc1N2c1ccccc1. The zero-order valence-electron chi connectivity index (χ0n) is 49.4. The van der Waals surface area contributed by atoms with E-state index in [0.29, 0.717) is 0 Å². The lowest BCUT2D eigenvalue weighted by Gasteiger charge is -2.31. The van der Waals surface area contributed by atoms with Crippen LogP contribution in [0.25, 0.3) is 88.0 Å². The van der Waals surface area contributed by atoms with Gasteiger partial charge < -0.3 is 19.3 Å². The maximum absolute atomic E-state index is 2.54. The molecule has 1 aromatic heterocycles. The third kappa shape index (κ3) is 9.24. The molecule has 2 aliphatic rings. The smallest absolute Gasteiger partial charge is 0.0630 e. The number of nitrogens with zero attached hydrogens (tertiary/aromatic N) is 4. The van der Waals surface area contributed by atoms with E-state index in [1.807, 2.05) is 0 Å². The molecule has 0 saturated carbocycles. The molecule has 0 spiro atoms. The Morgan fingerprint density at radius 2 is 0.722 bits per heavy atom. The molecule has 0 bridgehead atoms. The topological polar surface area (TPSA) is 14.7 Å². The van der Waals surface area contributed by atoms with Crippen molar-refractivity contribution in [1.82, 2.24) is 4.57 Å². The zero-order chi connectivity index (χ0) is 59.5. The van der Waals surface area contributed by atoms with Crippen LogP contribution in [-0.2, 0) is 0 Å². The predicted molar refractivity (Wildman–Crippen MR) is 380 cm³/mol. The Labute approximate surface area is 524 Å². The number of fused-ring (bicyclic) bond motifs is 8. The Balaban J connectivity index is 0.834. The summed E-state index contributed by atoms with van der Waals surface area (Å²) < 4.78 is 2.42. The Bertz CT molecular complexity index is 5230. The monoisotopic (exact) mass is 1150 g/mol.